The van der Waals surface area contributed by atoms with Gasteiger partial charge in [0.25, 0.3) is 0 Å². The lowest BCUT2D eigenvalue weighted by Crippen LogP contribution is -1.97. The zero-order valence-electron chi connectivity index (χ0n) is 14.0. The van der Waals surface area contributed by atoms with Gasteiger partial charge in [0.15, 0.2) is 6.61 Å². The molecule has 0 N–H and O–H groups in total. The van der Waals surface area contributed by atoms with Crippen LogP contribution in [0, 0.1) is 6.92 Å². The summed E-state index contributed by atoms with van der Waals surface area (Å²) in [5, 5.41) is 3.80. The molecule has 2 aromatic carbocycles. The third kappa shape index (κ3) is 4.13. The second-order valence-corrected chi connectivity index (χ2v) is 5.82. The molecular weight excluding hydrogens is 304 g/mol. The van der Waals surface area contributed by atoms with E-state index in [2.05, 4.69) is 36.1 Å². The predicted octanol–water partition coefficient (Wildman–Crippen LogP) is 4.87. The molecule has 124 valence electrons. The first kappa shape index (κ1) is 16.1. The minimum atomic E-state index is 0.254. The Labute approximate surface area is 141 Å². The molecule has 0 unspecified atom stereocenters. The maximum absolute atomic E-state index is 5.88. The number of aryl methyl sites for hydroxylation is 1. The fraction of sp³-hybridized carbons (Fsp3) is 0.263. The summed E-state index contributed by atoms with van der Waals surface area (Å²) in [5.41, 5.74) is 1.29. The van der Waals surface area contributed by atoms with Gasteiger partial charge in [-0.3, -0.25) is 0 Å². The smallest absolute Gasteiger partial charge is 0.223 e. The number of ether oxygens (including phenoxy) is 2. The molecule has 0 bridgehead atoms. The lowest BCUT2D eigenvalue weighted by atomic mass is 10.0. The van der Waals surface area contributed by atoms with Crippen molar-refractivity contribution in [1.29, 1.82) is 0 Å². The number of nitrogens with zero attached hydrogens (tertiary/aromatic N) is 2. The van der Waals surface area contributed by atoms with Crippen LogP contribution in [0.25, 0.3) is 0 Å². The van der Waals surface area contributed by atoms with Crippen molar-refractivity contribution in [2.24, 2.45) is 0 Å². The van der Waals surface area contributed by atoms with Crippen LogP contribution in [0.5, 0.6) is 17.2 Å². The van der Waals surface area contributed by atoms with E-state index in [1.54, 1.807) is 6.92 Å². The summed E-state index contributed by atoms with van der Waals surface area (Å²) in [7, 11) is 0. The fourth-order valence-electron chi connectivity index (χ4n) is 2.23. The van der Waals surface area contributed by atoms with E-state index in [0.29, 0.717) is 29.1 Å². The van der Waals surface area contributed by atoms with E-state index < -0.39 is 0 Å². The van der Waals surface area contributed by atoms with E-state index in [1.807, 2.05) is 36.4 Å². The lowest BCUT2D eigenvalue weighted by Gasteiger charge is -2.10. The summed E-state index contributed by atoms with van der Waals surface area (Å²) in [4.78, 5) is 4.10. The van der Waals surface area contributed by atoms with Crippen molar-refractivity contribution in [2.45, 2.75) is 33.3 Å². The molecule has 0 atom stereocenters. The molecule has 0 fully saturated rings. The van der Waals surface area contributed by atoms with Crippen molar-refractivity contribution in [3.63, 3.8) is 0 Å². The van der Waals surface area contributed by atoms with E-state index in [1.165, 1.54) is 5.56 Å². The van der Waals surface area contributed by atoms with Gasteiger partial charge >= 0.3 is 0 Å². The molecule has 3 rings (SSSR count). The van der Waals surface area contributed by atoms with Crippen molar-refractivity contribution >= 4 is 0 Å². The van der Waals surface area contributed by atoms with Crippen LogP contribution in [0.3, 0.4) is 0 Å². The molecule has 0 aliphatic heterocycles. The van der Waals surface area contributed by atoms with Gasteiger partial charge in [0.05, 0.1) is 0 Å². The second-order valence-electron chi connectivity index (χ2n) is 5.82. The summed E-state index contributed by atoms with van der Waals surface area (Å²) in [6, 6.07) is 15.6. The Bertz CT molecular complexity index is 794. The van der Waals surface area contributed by atoms with Crippen molar-refractivity contribution in [3.8, 4) is 17.2 Å². The van der Waals surface area contributed by atoms with E-state index in [-0.39, 0.29) is 6.61 Å². The van der Waals surface area contributed by atoms with E-state index in [9.17, 15) is 0 Å². The van der Waals surface area contributed by atoms with Crippen molar-refractivity contribution in [3.05, 3.63) is 65.8 Å². The lowest BCUT2D eigenvalue weighted by molar-refractivity contribution is 0.284. The Balaban J connectivity index is 1.64. The van der Waals surface area contributed by atoms with Crippen LogP contribution in [0.1, 0.15) is 37.0 Å². The van der Waals surface area contributed by atoms with Gasteiger partial charge in [0.1, 0.15) is 17.2 Å². The number of hydrogen-bond donors (Lipinski definition) is 0. The fourth-order valence-corrected chi connectivity index (χ4v) is 2.23. The number of benzene rings is 2. The highest BCUT2D eigenvalue weighted by Gasteiger charge is 2.05. The van der Waals surface area contributed by atoms with Crippen LogP contribution in [0.4, 0.5) is 0 Å². The molecule has 0 saturated heterocycles. The highest BCUT2D eigenvalue weighted by atomic mass is 16.5. The molecule has 1 aromatic heterocycles. The molecule has 24 heavy (non-hydrogen) atoms. The summed E-state index contributed by atoms with van der Waals surface area (Å²) in [6.45, 7) is 6.34. The SMILES string of the molecule is Cc1nc(COc2cccc(Oc3ccc(C(C)C)cc3)c2)no1. The van der Waals surface area contributed by atoms with Crippen LogP contribution in [0.2, 0.25) is 0 Å². The van der Waals surface area contributed by atoms with Gasteiger partial charge in [-0.2, -0.15) is 4.98 Å². The summed E-state index contributed by atoms with van der Waals surface area (Å²) < 4.78 is 16.5. The van der Waals surface area contributed by atoms with Crippen LogP contribution in [0.15, 0.2) is 53.1 Å². The van der Waals surface area contributed by atoms with Gasteiger partial charge in [0, 0.05) is 13.0 Å². The Morgan fingerprint density at radius 2 is 1.75 bits per heavy atom. The number of aromatic nitrogens is 2. The normalized spacial score (nSPS) is 10.8. The topological polar surface area (TPSA) is 57.4 Å². The molecule has 0 aliphatic carbocycles. The maximum Gasteiger partial charge on any atom is 0.223 e. The van der Waals surface area contributed by atoms with Crippen molar-refractivity contribution in [2.75, 3.05) is 0 Å². The summed E-state index contributed by atoms with van der Waals surface area (Å²) in [5.74, 6) is 3.75. The first-order chi connectivity index (χ1) is 11.6. The van der Waals surface area contributed by atoms with Gasteiger partial charge in [0.2, 0.25) is 11.7 Å². The van der Waals surface area contributed by atoms with Crippen molar-refractivity contribution < 1.29 is 14.0 Å². The molecule has 0 aliphatic rings. The largest absolute Gasteiger partial charge is 0.485 e. The number of hydrogen-bond acceptors (Lipinski definition) is 5. The Hall–Kier alpha value is -2.82. The minimum Gasteiger partial charge on any atom is -0.485 e. The van der Waals surface area contributed by atoms with Gasteiger partial charge in [-0.05, 0) is 35.7 Å². The Morgan fingerprint density at radius 1 is 1.00 bits per heavy atom. The van der Waals surface area contributed by atoms with Gasteiger partial charge in [-0.15, -0.1) is 0 Å². The summed E-state index contributed by atoms with van der Waals surface area (Å²) in [6.07, 6.45) is 0. The third-order valence-electron chi connectivity index (χ3n) is 3.53. The predicted molar refractivity (Wildman–Crippen MR) is 90.4 cm³/mol. The second kappa shape index (κ2) is 7.17. The Morgan fingerprint density at radius 3 is 2.42 bits per heavy atom. The van der Waals surface area contributed by atoms with Gasteiger partial charge in [-0.25, -0.2) is 0 Å². The highest BCUT2D eigenvalue weighted by molar-refractivity contribution is 5.38. The highest BCUT2D eigenvalue weighted by Crippen LogP contribution is 2.27. The first-order valence-electron chi connectivity index (χ1n) is 7.90. The van der Waals surface area contributed by atoms with Gasteiger partial charge in [-0.1, -0.05) is 37.2 Å². The molecule has 0 spiro atoms. The average Bonchev–Trinajstić information content (AvgIpc) is 2.99. The van der Waals surface area contributed by atoms with Crippen molar-refractivity contribution in [1.82, 2.24) is 10.1 Å². The van der Waals surface area contributed by atoms with E-state index >= 15 is 0 Å². The minimum absolute atomic E-state index is 0.254. The quantitative estimate of drug-likeness (QED) is 0.647. The van der Waals surface area contributed by atoms with Crippen LogP contribution in [-0.4, -0.2) is 10.1 Å². The molecule has 5 nitrogen and oxygen atoms in total. The van der Waals surface area contributed by atoms with E-state index in [0.717, 1.165) is 5.75 Å². The molecule has 3 aromatic rings. The monoisotopic (exact) mass is 324 g/mol. The molecular formula is C19H20N2O3. The van der Waals surface area contributed by atoms with Crippen LogP contribution in [-0.2, 0) is 6.61 Å². The molecule has 0 amide bonds. The molecule has 0 saturated carbocycles. The molecule has 1 heterocycles. The molecule has 5 heteroatoms. The summed E-state index contributed by atoms with van der Waals surface area (Å²) >= 11 is 0. The third-order valence-corrected chi connectivity index (χ3v) is 3.53. The van der Waals surface area contributed by atoms with Gasteiger partial charge < -0.3 is 14.0 Å². The zero-order valence-corrected chi connectivity index (χ0v) is 14.0. The maximum atomic E-state index is 5.88. The average molecular weight is 324 g/mol. The zero-order chi connectivity index (χ0) is 16.9. The Kier molecular flexibility index (Phi) is 4.79. The standard InChI is InChI=1S/C19H20N2O3/c1-13(2)15-7-9-16(10-8-15)23-18-6-4-5-17(11-18)22-12-19-20-14(3)24-21-19/h4-11,13H,12H2,1-3H3. The van der Waals surface area contributed by atoms with E-state index in [4.69, 9.17) is 14.0 Å². The number of rotatable bonds is 6. The molecule has 0 radical (unpaired) electrons. The van der Waals surface area contributed by atoms with Crippen LogP contribution >= 0.6 is 0 Å². The van der Waals surface area contributed by atoms with Crippen LogP contribution < -0.4 is 9.47 Å². The first-order valence-corrected chi connectivity index (χ1v) is 7.90.